The molecule has 0 aliphatic heterocycles. The number of ether oxygens (including phenoxy) is 1. The molecule has 8 nitrogen and oxygen atoms in total. The highest BCUT2D eigenvalue weighted by Gasteiger charge is 2.07. The van der Waals surface area contributed by atoms with Gasteiger partial charge in [0.2, 0.25) is 0 Å². The molecule has 2 N–H and O–H groups in total. The van der Waals surface area contributed by atoms with Crippen LogP contribution in [0.3, 0.4) is 0 Å². The van der Waals surface area contributed by atoms with Crippen LogP contribution in [0.15, 0.2) is 42.7 Å². The first-order valence-corrected chi connectivity index (χ1v) is 10.2. The van der Waals surface area contributed by atoms with Crippen molar-refractivity contribution < 1.29 is 9.53 Å². The minimum Gasteiger partial charge on any atom is -0.494 e. The quantitative estimate of drug-likeness (QED) is 0.500. The Morgan fingerprint density at radius 2 is 1.93 bits per heavy atom. The van der Waals surface area contributed by atoms with E-state index in [0.29, 0.717) is 36.9 Å². The minimum absolute atomic E-state index is 0.120. The Labute approximate surface area is 176 Å². The van der Waals surface area contributed by atoms with E-state index < -0.39 is 0 Å². The third-order valence-corrected chi connectivity index (χ3v) is 4.50. The van der Waals surface area contributed by atoms with Gasteiger partial charge in [-0.2, -0.15) is 0 Å². The first kappa shape index (κ1) is 21.3. The zero-order valence-electron chi connectivity index (χ0n) is 17.7. The van der Waals surface area contributed by atoms with Gasteiger partial charge >= 0.3 is 0 Å². The van der Waals surface area contributed by atoms with Crippen molar-refractivity contribution in [1.82, 2.24) is 24.8 Å². The number of hydrogen-bond acceptors (Lipinski definition) is 6. The summed E-state index contributed by atoms with van der Waals surface area (Å²) < 4.78 is 7.52. The Morgan fingerprint density at radius 1 is 1.13 bits per heavy atom. The van der Waals surface area contributed by atoms with E-state index in [0.717, 1.165) is 30.2 Å². The standard InChI is InChI=1S/C22H28N6O2/c1-4-5-14-30-19-8-6-18(7-9-19)22(29)25-11-10-24-20-15-21(27-16(2)26-20)28-13-12-23-17(28)3/h6-9,12-13,15H,4-5,10-11,14H2,1-3H3,(H,25,29)(H,24,26,27). The number of nitrogens with one attached hydrogen (secondary N) is 2. The highest BCUT2D eigenvalue weighted by atomic mass is 16.5. The Bertz CT molecular complexity index is 968. The van der Waals surface area contributed by atoms with E-state index in [2.05, 4.69) is 32.5 Å². The molecule has 3 aromatic rings. The number of hydrogen-bond donors (Lipinski definition) is 2. The molecule has 8 heteroatoms. The number of aromatic nitrogens is 4. The van der Waals surface area contributed by atoms with Crippen LogP contribution in [0, 0.1) is 13.8 Å². The molecule has 3 rings (SSSR count). The van der Waals surface area contributed by atoms with E-state index in [1.807, 2.05) is 42.8 Å². The summed E-state index contributed by atoms with van der Waals surface area (Å²) in [5.41, 5.74) is 0.605. The van der Waals surface area contributed by atoms with E-state index in [-0.39, 0.29) is 5.91 Å². The summed E-state index contributed by atoms with van der Waals surface area (Å²) in [6.45, 7) is 7.59. The average molecular weight is 409 g/mol. The predicted molar refractivity (Wildman–Crippen MR) is 116 cm³/mol. The second-order valence-corrected chi connectivity index (χ2v) is 6.91. The number of anilines is 1. The van der Waals surface area contributed by atoms with Crippen LogP contribution in [0.2, 0.25) is 0 Å². The number of carbonyl (C=O) groups excluding carboxylic acids is 1. The summed E-state index contributed by atoms with van der Waals surface area (Å²) in [5, 5.41) is 6.14. The van der Waals surface area contributed by atoms with Crippen molar-refractivity contribution in [2.24, 2.45) is 0 Å². The Balaban J connectivity index is 1.48. The van der Waals surface area contributed by atoms with Crippen molar-refractivity contribution in [3.8, 4) is 11.6 Å². The van der Waals surface area contributed by atoms with Crippen molar-refractivity contribution in [3.05, 3.63) is 59.9 Å². The molecule has 0 aliphatic rings. The number of nitrogens with zero attached hydrogens (tertiary/aromatic N) is 4. The van der Waals surface area contributed by atoms with Gasteiger partial charge in [-0.15, -0.1) is 0 Å². The molecule has 0 saturated heterocycles. The van der Waals surface area contributed by atoms with Gasteiger partial charge in [-0.25, -0.2) is 15.0 Å². The zero-order valence-corrected chi connectivity index (χ0v) is 17.7. The van der Waals surface area contributed by atoms with Crippen LogP contribution in [0.4, 0.5) is 5.82 Å². The molecular weight excluding hydrogens is 380 g/mol. The molecule has 0 radical (unpaired) electrons. The Kier molecular flexibility index (Phi) is 7.37. The molecule has 0 fully saturated rings. The summed E-state index contributed by atoms with van der Waals surface area (Å²) in [7, 11) is 0. The van der Waals surface area contributed by atoms with Crippen LogP contribution in [-0.2, 0) is 0 Å². The Morgan fingerprint density at radius 3 is 2.63 bits per heavy atom. The van der Waals surface area contributed by atoms with Gasteiger partial charge in [0.25, 0.3) is 5.91 Å². The van der Waals surface area contributed by atoms with Crippen molar-refractivity contribution in [2.75, 3.05) is 25.0 Å². The highest BCUT2D eigenvalue weighted by Crippen LogP contribution is 2.14. The van der Waals surface area contributed by atoms with Crippen molar-refractivity contribution in [3.63, 3.8) is 0 Å². The van der Waals surface area contributed by atoms with Gasteiger partial charge in [0.15, 0.2) is 0 Å². The smallest absolute Gasteiger partial charge is 0.251 e. The van der Waals surface area contributed by atoms with E-state index >= 15 is 0 Å². The van der Waals surface area contributed by atoms with Gasteiger partial charge in [-0.3, -0.25) is 9.36 Å². The summed E-state index contributed by atoms with van der Waals surface area (Å²) >= 11 is 0. The fourth-order valence-corrected chi connectivity index (χ4v) is 2.89. The van der Waals surface area contributed by atoms with Crippen LogP contribution in [0.25, 0.3) is 5.82 Å². The van der Waals surface area contributed by atoms with Crippen molar-refractivity contribution in [1.29, 1.82) is 0 Å². The van der Waals surface area contributed by atoms with Gasteiger partial charge in [0.1, 0.15) is 29.0 Å². The minimum atomic E-state index is -0.120. The lowest BCUT2D eigenvalue weighted by Crippen LogP contribution is -2.29. The number of imidazole rings is 1. The monoisotopic (exact) mass is 408 g/mol. The zero-order chi connectivity index (χ0) is 21.3. The first-order valence-electron chi connectivity index (χ1n) is 10.2. The molecule has 0 spiro atoms. The molecule has 0 saturated carbocycles. The molecule has 2 heterocycles. The molecule has 0 bridgehead atoms. The third kappa shape index (κ3) is 5.79. The van der Waals surface area contributed by atoms with E-state index in [4.69, 9.17) is 4.74 Å². The molecule has 158 valence electrons. The normalized spacial score (nSPS) is 10.6. The van der Waals surface area contributed by atoms with Crippen LogP contribution in [0.1, 0.15) is 41.8 Å². The van der Waals surface area contributed by atoms with Crippen LogP contribution >= 0.6 is 0 Å². The molecule has 0 atom stereocenters. The number of aryl methyl sites for hydroxylation is 2. The van der Waals surface area contributed by atoms with Gasteiger partial charge in [0, 0.05) is 37.1 Å². The Hall–Kier alpha value is -3.42. The maximum absolute atomic E-state index is 12.3. The SMILES string of the molecule is CCCCOc1ccc(C(=O)NCCNc2cc(-n3ccnc3C)nc(C)n2)cc1. The van der Waals surface area contributed by atoms with E-state index in [1.165, 1.54) is 0 Å². The number of benzene rings is 1. The lowest BCUT2D eigenvalue weighted by Gasteiger charge is -2.11. The number of rotatable bonds is 10. The highest BCUT2D eigenvalue weighted by molar-refractivity contribution is 5.94. The predicted octanol–water partition coefficient (Wildman–Crippen LogP) is 3.30. The van der Waals surface area contributed by atoms with E-state index in [9.17, 15) is 4.79 Å². The van der Waals surface area contributed by atoms with Crippen LogP contribution < -0.4 is 15.4 Å². The summed E-state index contributed by atoms with van der Waals surface area (Å²) in [5.74, 6) is 3.63. The molecular formula is C22H28N6O2. The average Bonchev–Trinajstić information content (AvgIpc) is 3.17. The van der Waals surface area contributed by atoms with Gasteiger partial charge in [0.05, 0.1) is 6.61 Å². The number of carbonyl (C=O) groups is 1. The maximum Gasteiger partial charge on any atom is 0.251 e. The van der Waals surface area contributed by atoms with Crippen LogP contribution in [-0.4, -0.2) is 45.1 Å². The largest absolute Gasteiger partial charge is 0.494 e. The topological polar surface area (TPSA) is 94.0 Å². The molecule has 30 heavy (non-hydrogen) atoms. The molecule has 2 aromatic heterocycles. The fraction of sp³-hybridized carbons (Fsp3) is 0.364. The summed E-state index contributed by atoms with van der Waals surface area (Å²) in [6.07, 6.45) is 5.71. The summed E-state index contributed by atoms with van der Waals surface area (Å²) in [6, 6.07) is 9.06. The maximum atomic E-state index is 12.3. The summed E-state index contributed by atoms with van der Waals surface area (Å²) in [4.78, 5) is 25.4. The van der Waals surface area contributed by atoms with Crippen LogP contribution in [0.5, 0.6) is 5.75 Å². The lowest BCUT2D eigenvalue weighted by molar-refractivity contribution is 0.0955. The molecule has 1 aromatic carbocycles. The van der Waals surface area contributed by atoms with Crippen molar-refractivity contribution >= 4 is 11.7 Å². The molecule has 0 unspecified atom stereocenters. The molecule has 0 aliphatic carbocycles. The number of unbranched alkanes of at least 4 members (excludes halogenated alkanes) is 1. The fourth-order valence-electron chi connectivity index (χ4n) is 2.89. The molecule has 1 amide bonds. The second-order valence-electron chi connectivity index (χ2n) is 6.91. The van der Waals surface area contributed by atoms with Gasteiger partial charge in [-0.1, -0.05) is 13.3 Å². The van der Waals surface area contributed by atoms with E-state index in [1.54, 1.807) is 18.3 Å². The lowest BCUT2D eigenvalue weighted by atomic mass is 10.2. The van der Waals surface area contributed by atoms with Crippen molar-refractivity contribution in [2.45, 2.75) is 33.6 Å². The van der Waals surface area contributed by atoms with Gasteiger partial charge in [-0.05, 0) is 44.5 Å². The van der Waals surface area contributed by atoms with Gasteiger partial charge < -0.3 is 15.4 Å². The third-order valence-electron chi connectivity index (χ3n) is 4.50. The first-order chi connectivity index (χ1) is 14.6. The second kappa shape index (κ2) is 10.4. The number of amides is 1.